The first kappa shape index (κ1) is 11.0. The van der Waals surface area contributed by atoms with E-state index in [1.165, 1.54) is 12.1 Å². The quantitative estimate of drug-likeness (QED) is 0.669. The number of rotatable bonds is 1. The van der Waals surface area contributed by atoms with Crippen molar-refractivity contribution >= 4 is 26.3 Å². The van der Waals surface area contributed by atoms with Crippen LogP contribution in [0.25, 0.3) is 0 Å². The van der Waals surface area contributed by atoms with E-state index in [0.29, 0.717) is 0 Å². The molecule has 0 aromatic heterocycles. The van der Waals surface area contributed by atoms with Crippen LogP contribution in [0.4, 0.5) is 3.89 Å². The molecule has 1 aliphatic heterocycles. The van der Waals surface area contributed by atoms with Crippen molar-refractivity contribution in [1.82, 2.24) is 3.71 Å². The molecular weight excluding hydrogens is 261 g/mol. The van der Waals surface area contributed by atoms with E-state index < -0.39 is 34.9 Å². The van der Waals surface area contributed by atoms with E-state index in [9.17, 15) is 25.5 Å². The van der Waals surface area contributed by atoms with Gasteiger partial charge in [0.1, 0.15) is 4.90 Å². The lowest BCUT2D eigenvalue weighted by atomic mass is 10.2. The molecule has 1 aromatic rings. The van der Waals surface area contributed by atoms with Gasteiger partial charge in [-0.25, -0.2) is 0 Å². The molecule has 2 rings (SSSR count). The van der Waals surface area contributed by atoms with E-state index in [2.05, 4.69) is 0 Å². The van der Waals surface area contributed by atoms with Gasteiger partial charge in [-0.05, 0) is 12.1 Å². The van der Waals surface area contributed by atoms with E-state index in [1.807, 2.05) is 0 Å². The van der Waals surface area contributed by atoms with Gasteiger partial charge in [0.25, 0.3) is 15.9 Å². The summed E-state index contributed by atoms with van der Waals surface area (Å²) in [5.74, 6) is -1.40. The Bertz CT molecular complexity index is 678. The lowest BCUT2D eigenvalue weighted by Crippen LogP contribution is -2.33. The van der Waals surface area contributed by atoms with Gasteiger partial charge in [0, 0.05) is 0 Å². The zero-order chi connectivity index (χ0) is 12.1. The Kier molecular flexibility index (Phi) is 2.08. The Morgan fingerprint density at radius 2 is 1.75 bits per heavy atom. The smallest absolute Gasteiger partial charge is 0.267 e. The molecule has 9 heteroatoms. The van der Waals surface area contributed by atoms with E-state index in [0.717, 1.165) is 12.1 Å². The minimum atomic E-state index is -5.63. The van der Waals surface area contributed by atoms with E-state index in [1.54, 1.807) is 0 Å². The highest BCUT2D eigenvalue weighted by atomic mass is 32.3. The van der Waals surface area contributed by atoms with Crippen molar-refractivity contribution in [3.8, 4) is 0 Å². The number of carbonyl (C=O) groups is 1. The van der Waals surface area contributed by atoms with Gasteiger partial charge >= 0.3 is 10.4 Å². The standard InChI is InChI=1S/C7H4FNO5S2/c8-16(13,14)9-7(10)5-3-1-2-4-6(5)15(9,11)12/h1-4H. The average Bonchev–Trinajstić information content (AvgIpc) is 2.34. The van der Waals surface area contributed by atoms with Crippen LogP contribution in [-0.4, -0.2) is 26.5 Å². The van der Waals surface area contributed by atoms with Gasteiger partial charge in [-0.3, -0.25) is 4.79 Å². The second-order valence-electron chi connectivity index (χ2n) is 2.95. The summed E-state index contributed by atoms with van der Waals surface area (Å²) < 4.78 is 56.2. The highest BCUT2D eigenvalue weighted by Gasteiger charge is 2.48. The summed E-state index contributed by atoms with van der Waals surface area (Å²) in [5, 5.41) is 0. The Morgan fingerprint density at radius 3 is 2.25 bits per heavy atom. The van der Waals surface area contributed by atoms with Crippen molar-refractivity contribution in [2.24, 2.45) is 0 Å². The van der Waals surface area contributed by atoms with Crippen LogP contribution in [0.1, 0.15) is 10.4 Å². The Morgan fingerprint density at radius 1 is 1.19 bits per heavy atom. The fourth-order valence-electron chi connectivity index (χ4n) is 1.38. The first-order chi connectivity index (χ1) is 7.26. The molecule has 1 aliphatic rings. The predicted octanol–water partition coefficient (Wildman–Crippen LogP) is 0.0454. The second-order valence-corrected chi connectivity index (χ2v) is 6.12. The Balaban J connectivity index is 2.83. The molecule has 0 N–H and O–H groups in total. The summed E-state index contributed by atoms with van der Waals surface area (Å²) in [6, 6.07) is 4.80. The maximum atomic E-state index is 12.7. The third-order valence-corrected chi connectivity index (χ3v) is 5.18. The average molecular weight is 265 g/mol. The minimum Gasteiger partial charge on any atom is -0.267 e. The van der Waals surface area contributed by atoms with Crippen molar-refractivity contribution in [1.29, 1.82) is 0 Å². The van der Waals surface area contributed by atoms with E-state index in [4.69, 9.17) is 0 Å². The molecule has 86 valence electrons. The zero-order valence-corrected chi connectivity index (χ0v) is 9.13. The molecule has 0 aliphatic carbocycles. The normalized spacial score (nSPS) is 18.6. The fourth-order valence-corrected chi connectivity index (χ4v) is 4.04. The summed E-state index contributed by atoms with van der Waals surface area (Å²) in [5.41, 5.74) is -0.358. The number of amides is 1. The predicted molar refractivity (Wildman–Crippen MR) is 49.8 cm³/mol. The van der Waals surface area contributed by atoms with Crippen LogP contribution in [0.3, 0.4) is 0 Å². The summed E-state index contributed by atoms with van der Waals surface area (Å²) in [6.45, 7) is 0. The lowest BCUT2D eigenvalue weighted by molar-refractivity contribution is 0.0925. The highest BCUT2D eigenvalue weighted by molar-refractivity contribution is 8.03. The van der Waals surface area contributed by atoms with Crippen molar-refractivity contribution < 1.29 is 25.5 Å². The monoisotopic (exact) mass is 265 g/mol. The molecule has 0 bridgehead atoms. The van der Waals surface area contributed by atoms with Crippen LogP contribution in [0.2, 0.25) is 0 Å². The number of hydrogen-bond donors (Lipinski definition) is 0. The number of carbonyl (C=O) groups excluding carboxylic acids is 1. The maximum absolute atomic E-state index is 12.7. The van der Waals surface area contributed by atoms with Gasteiger partial charge in [0.2, 0.25) is 0 Å². The molecule has 1 amide bonds. The highest BCUT2D eigenvalue weighted by Crippen LogP contribution is 2.32. The SMILES string of the molecule is O=C1c2ccccc2S(=O)(=O)N1S(=O)(=O)F. The van der Waals surface area contributed by atoms with Crippen LogP contribution >= 0.6 is 0 Å². The zero-order valence-electron chi connectivity index (χ0n) is 7.49. The van der Waals surface area contributed by atoms with Crippen molar-refractivity contribution in [3.63, 3.8) is 0 Å². The van der Waals surface area contributed by atoms with Crippen LogP contribution in [0.5, 0.6) is 0 Å². The second kappa shape index (κ2) is 3.01. The molecular formula is C7H4FNO5S2. The first-order valence-corrected chi connectivity index (χ1v) is 6.68. The van der Waals surface area contributed by atoms with Crippen molar-refractivity contribution in [2.75, 3.05) is 0 Å². The molecule has 0 fully saturated rings. The molecule has 1 aromatic carbocycles. The number of sulfonamides is 1. The van der Waals surface area contributed by atoms with Gasteiger partial charge in [-0.15, -0.1) is 0 Å². The number of fused-ring (bicyclic) bond motifs is 1. The van der Waals surface area contributed by atoms with Crippen molar-refractivity contribution in [2.45, 2.75) is 4.90 Å². The maximum Gasteiger partial charge on any atom is 0.415 e. The van der Waals surface area contributed by atoms with Gasteiger partial charge in [0.05, 0.1) is 5.56 Å². The number of benzene rings is 1. The molecule has 0 unspecified atom stereocenters. The number of nitrogens with zero attached hydrogens (tertiary/aromatic N) is 1. The van der Waals surface area contributed by atoms with E-state index >= 15 is 0 Å². The summed E-state index contributed by atoms with van der Waals surface area (Å²) >= 11 is 0. The molecule has 0 spiro atoms. The molecule has 0 radical (unpaired) electrons. The van der Waals surface area contributed by atoms with Gasteiger partial charge in [-0.1, -0.05) is 19.7 Å². The Labute approximate surface area is 90.7 Å². The third-order valence-electron chi connectivity index (χ3n) is 1.98. The molecule has 6 nitrogen and oxygen atoms in total. The Hall–Kier alpha value is -1.48. The molecule has 0 saturated heterocycles. The minimum absolute atomic E-state index is 0.358. The van der Waals surface area contributed by atoms with Gasteiger partial charge < -0.3 is 0 Å². The number of hydrogen-bond acceptors (Lipinski definition) is 5. The molecule has 1 heterocycles. The lowest BCUT2D eigenvalue weighted by Gasteiger charge is -2.07. The van der Waals surface area contributed by atoms with E-state index in [-0.39, 0.29) is 5.56 Å². The van der Waals surface area contributed by atoms with Crippen LogP contribution in [0.15, 0.2) is 29.2 Å². The third kappa shape index (κ3) is 1.32. The van der Waals surface area contributed by atoms with Gasteiger partial charge in [0.15, 0.2) is 0 Å². The summed E-state index contributed by atoms with van der Waals surface area (Å²) in [4.78, 5) is 10.9. The molecule has 16 heavy (non-hydrogen) atoms. The van der Waals surface area contributed by atoms with Crippen molar-refractivity contribution in [3.05, 3.63) is 29.8 Å². The first-order valence-electron chi connectivity index (χ1n) is 3.90. The number of halogens is 1. The van der Waals surface area contributed by atoms with Crippen LogP contribution in [-0.2, 0) is 20.4 Å². The topological polar surface area (TPSA) is 88.6 Å². The molecule has 0 saturated carbocycles. The van der Waals surface area contributed by atoms with Crippen LogP contribution in [0, 0.1) is 0 Å². The largest absolute Gasteiger partial charge is 0.415 e. The van der Waals surface area contributed by atoms with Crippen LogP contribution < -0.4 is 0 Å². The summed E-state index contributed by atoms with van der Waals surface area (Å²) in [6.07, 6.45) is 0. The molecule has 0 atom stereocenters. The van der Waals surface area contributed by atoms with Gasteiger partial charge in [-0.2, -0.15) is 16.8 Å². The fraction of sp³-hybridized carbons (Fsp3) is 0. The summed E-state index contributed by atoms with van der Waals surface area (Å²) in [7, 11) is -10.3.